The molecule has 11 nitrogen and oxygen atoms in total. The number of ether oxygens (including phenoxy) is 1. The smallest absolute Gasteiger partial charge is 0.295 e. The summed E-state index contributed by atoms with van der Waals surface area (Å²) in [5.74, 6) is -1.92. The number of rotatable bonds is 6. The van der Waals surface area contributed by atoms with Gasteiger partial charge in [0.1, 0.15) is 5.52 Å². The molecule has 1 aliphatic heterocycles. The van der Waals surface area contributed by atoms with Crippen LogP contribution in [-0.2, 0) is 14.8 Å². The summed E-state index contributed by atoms with van der Waals surface area (Å²) in [5, 5.41) is 10.2. The van der Waals surface area contributed by atoms with Crippen LogP contribution in [0.3, 0.4) is 0 Å². The highest BCUT2D eigenvalue weighted by atomic mass is 32.2. The summed E-state index contributed by atoms with van der Waals surface area (Å²) in [6.45, 7) is 0.755. The average molecular weight is 550 g/mol. The molecule has 0 saturated carbocycles. The molecule has 39 heavy (non-hydrogen) atoms. The Morgan fingerprint density at radius 3 is 2.08 bits per heavy atom. The van der Waals surface area contributed by atoms with Crippen LogP contribution < -0.4 is 9.47 Å². The number of ketones is 1. The van der Waals surface area contributed by atoms with Crippen LogP contribution in [0, 0.1) is 0 Å². The lowest BCUT2D eigenvalue weighted by Gasteiger charge is -2.34. The highest BCUT2D eigenvalue weighted by Gasteiger charge is 2.34. The number of aromatic nitrogens is 2. The lowest BCUT2D eigenvalue weighted by Crippen LogP contribution is -2.52. The summed E-state index contributed by atoms with van der Waals surface area (Å²) in [7, 11) is -2.90. The second-order valence-corrected chi connectivity index (χ2v) is 10.7. The maximum Gasteiger partial charge on any atom is 0.295 e. The van der Waals surface area contributed by atoms with Gasteiger partial charge in [-0.25, -0.2) is 12.4 Å². The monoisotopic (exact) mass is 549 g/mol. The summed E-state index contributed by atoms with van der Waals surface area (Å²) < 4.78 is 33.7. The van der Waals surface area contributed by atoms with Crippen molar-refractivity contribution >= 4 is 38.5 Å². The van der Waals surface area contributed by atoms with Crippen LogP contribution in [0.15, 0.2) is 84.1 Å². The molecule has 3 heterocycles. The van der Waals surface area contributed by atoms with E-state index in [0.717, 1.165) is 22.6 Å². The maximum absolute atomic E-state index is 13.5. The second kappa shape index (κ2) is 10.2. The highest BCUT2D eigenvalue weighted by molar-refractivity contribution is 7.90. The van der Waals surface area contributed by atoms with Crippen LogP contribution in [-0.4, -0.2) is 78.3 Å². The van der Waals surface area contributed by atoms with Crippen LogP contribution in [0.5, 0.6) is 5.75 Å². The Morgan fingerprint density at radius 2 is 1.46 bits per heavy atom. The quantitative estimate of drug-likeness (QED) is 0.167. The summed E-state index contributed by atoms with van der Waals surface area (Å²) in [6.07, 6.45) is 3.36. The summed E-state index contributed by atoms with van der Waals surface area (Å²) >= 11 is 0. The van der Waals surface area contributed by atoms with E-state index in [9.17, 15) is 28.0 Å². The molecule has 2 aromatic heterocycles. The fraction of sp³-hybridized carbons (Fsp3) is 0.185. The van der Waals surface area contributed by atoms with E-state index in [1.807, 2.05) is 6.07 Å². The molecule has 5 rings (SSSR count). The van der Waals surface area contributed by atoms with Gasteiger partial charge in [0.2, 0.25) is 6.20 Å². The Bertz CT molecular complexity index is 1680. The third-order valence-corrected chi connectivity index (χ3v) is 8.28. The largest absolute Gasteiger partial charge is 0.490 e. The van der Waals surface area contributed by atoms with Gasteiger partial charge < -0.3 is 14.5 Å². The molecule has 0 bridgehead atoms. The van der Waals surface area contributed by atoms with Gasteiger partial charge in [-0.15, -0.1) is 0 Å². The number of benzene rings is 2. The third kappa shape index (κ3) is 4.70. The predicted molar refractivity (Wildman–Crippen MR) is 138 cm³/mol. The van der Waals surface area contributed by atoms with Crippen molar-refractivity contribution in [2.75, 3.05) is 33.3 Å². The van der Waals surface area contributed by atoms with E-state index < -0.39 is 21.7 Å². The molecule has 1 fully saturated rings. The van der Waals surface area contributed by atoms with Crippen molar-refractivity contribution < 1.29 is 37.5 Å². The Labute approximate surface area is 224 Å². The molecule has 1 N–H and O–H groups in total. The van der Waals surface area contributed by atoms with Crippen molar-refractivity contribution in [3.63, 3.8) is 0 Å². The first kappa shape index (κ1) is 25.9. The van der Waals surface area contributed by atoms with Crippen LogP contribution in [0.1, 0.15) is 20.7 Å². The molecule has 0 atom stereocenters. The molecule has 0 unspecified atom stereocenters. The van der Waals surface area contributed by atoms with Crippen LogP contribution in [0.2, 0.25) is 0 Å². The molecular weight excluding hydrogens is 524 g/mol. The average Bonchev–Trinajstić information content (AvgIpc) is 3.36. The number of carbonyl (C=O) groups is 3. The van der Waals surface area contributed by atoms with E-state index in [-0.39, 0.29) is 59.2 Å². The predicted octanol–water partition coefficient (Wildman–Crippen LogP) is 1.58. The van der Waals surface area contributed by atoms with Crippen molar-refractivity contribution in [1.29, 1.82) is 0 Å². The molecule has 0 spiro atoms. The van der Waals surface area contributed by atoms with Gasteiger partial charge in [-0.05, 0) is 24.3 Å². The third-order valence-electron chi connectivity index (χ3n) is 6.59. The number of nitrogens with zero attached hydrogens (tertiary/aromatic N) is 4. The zero-order chi connectivity index (χ0) is 27.7. The molecule has 4 aromatic rings. The number of Topliss-reactive ketones (excluding diaryl/α,β-unsaturated/α-hetero) is 1. The van der Waals surface area contributed by atoms with Gasteiger partial charge >= 0.3 is 0 Å². The van der Waals surface area contributed by atoms with E-state index >= 15 is 0 Å². The molecule has 200 valence electrons. The van der Waals surface area contributed by atoms with Crippen molar-refractivity contribution in [2.24, 2.45) is 0 Å². The first-order chi connectivity index (χ1) is 18.7. The number of pyridine rings is 1. The summed E-state index contributed by atoms with van der Waals surface area (Å²) in [6, 6.07) is 16.4. The fourth-order valence-corrected chi connectivity index (χ4v) is 5.96. The maximum atomic E-state index is 13.5. The first-order valence-corrected chi connectivity index (χ1v) is 13.5. The number of fused-ring (bicyclic) bond motifs is 1. The second-order valence-electron chi connectivity index (χ2n) is 8.90. The van der Waals surface area contributed by atoms with E-state index in [1.165, 1.54) is 24.1 Å². The van der Waals surface area contributed by atoms with Gasteiger partial charge in [-0.1, -0.05) is 36.4 Å². The Morgan fingerprint density at radius 1 is 0.872 bits per heavy atom. The number of piperazine rings is 1. The molecule has 2 aromatic carbocycles. The van der Waals surface area contributed by atoms with Gasteiger partial charge in [0, 0.05) is 42.7 Å². The minimum Gasteiger partial charge on any atom is -0.490 e. The van der Waals surface area contributed by atoms with Gasteiger partial charge in [0.15, 0.2) is 5.75 Å². The zero-order valence-corrected chi connectivity index (χ0v) is 21.7. The minimum absolute atomic E-state index is 0.00596. The Balaban J connectivity index is 1.47. The van der Waals surface area contributed by atoms with Crippen molar-refractivity contribution in [2.45, 2.75) is 4.90 Å². The van der Waals surface area contributed by atoms with E-state index in [2.05, 4.69) is 0 Å². The van der Waals surface area contributed by atoms with Crippen molar-refractivity contribution in [1.82, 2.24) is 13.8 Å². The number of carbonyl (C=O) groups excluding carboxylic acids is 3. The normalized spacial score (nSPS) is 13.9. The van der Waals surface area contributed by atoms with E-state index in [1.54, 1.807) is 47.4 Å². The Kier molecular flexibility index (Phi) is 6.79. The van der Waals surface area contributed by atoms with Gasteiger partial charge in [0.05, 0.1) is 23.0 Å². The Hall–Kier alpha value is -4.71. The van der Waals surface area contributed by atoms with Crippen molar-refractivity contribution in [3.8, 4) is 5.75 Å². The summed E-state index contributed by atoms with van der Waals surface area (Å²) in [4.78, 5) is 42.5. The highest BCUT2D eigenvalue weighted by Crippen LogP contribution is 2.32. The van der Waals surface area contributed by atoms with Crippen LogP contribution in [0.25, 0.3) is 10.9 Å². The van der Waals surface area contributed by atoms with E-state index in [4.69, 9.17) is 4.74 Å². The van der Waals surface area contributed by atoms with E-state index in [0.29, 0.717) is 10.3 Å². The SMILES string of the molecule is COc1c[n+](O)cc2c1c(C(=O)C(=O)N1CCN(C(=O)c3ccccc3)CC1)cn2S(=O)(=O)c1ccccc1. The van der Waals surface area contributed by atoms with Gasteiger partial charge in [0.25, 0.3) is 33.8 Å². The lowest BCUT2D eigenvalue weighted by atomic mass is 10.1. The van der Waals surface area contributed by atoms with Gasteiger partial charge in [-0.3, -0.25) is 19.6 Å². The lowest BCUT2D eigenvalue weighted by molar-refractivity contribution is -0.904. The van der Waals surface area contributed by atoms with Gasteiger partial charge in [-0.2, -0.15) is 0 Å². The molecule has 0 radical (unpaired) electrons. The number of amides is 2. The number of hydrogen-bond acceptors (Lipinski definition) is 7. The topological polar surface area (TPSA) is 130 Å². The first-order valence-electron chi connectivity index (χ1n) is 12.0. The van der Waals surface area contributed by atoms with Crippen molar-refractivity contribution in [3.05, 3.63) is 90.4 Å². The van der Waals surface area contributed by atoms with Crippen LogP contribution in [0.4, 0.5) is 0 Å². The minimum atomic E-state index is -4.20. The molecule has 0 aliphatic carbocycles. The zero-order valence-electron chi connectivity index (χ0n) is 20.9. The number of hydrogen-bond donors (Lipinski definition) is 1. The molecule has 12 heteroatoms. The molecule has 1 aliphatic rings. The molecule has 1 saturated heterocycles. The molecular formula is C27H25N4O7S+. The molecule has 2 amide bonds. The standard InChI is InChI=1S/C27H25N4O7S/c1-38-23-18-30(35)17-22-24(23)21(16-31(22)39(36,37)20-10-6-3-7-11-20)25(32)27(34)29-14-12-28(13-15-29)26(33)19-8-4-2-5-9-19/h2-11,16-18,35H,12-15H2,1H3/q+1. The number of methoxy groups -OCH3 is 1. The summed E-state index contributed by atoms with van der Waals surface area (Å²) in [5.41, 5.74) is 0.305. The van der Waals surface area contributed by atoms with Crippen LogP contribution >= 0.6 is 0 Å². The fourth-order valence-electron chi connectivity index (χ4n) is 4.59.